The number of carbonyl (C=O) groups excluding carboxylic acids is 1. The highest BCUT2D eigenvalue weighted by molar-refractivity contribution is 7.90. The highest BCUT2D eigenvalue weighted by atomic mass is 32.2. The molecule has 0 N–H and O–H groups in total. The molecule has 2 saturated heterocycles. The van der Waals surface area contributed by atoms with Gasteiger partial charge in [0, 0.05) is 17.0 Å². The summed E-state index contributed by atoms with van der Waals surface area (Å²) in [6.45, 7) is 12.7. The zero-order valence-corrected chi connectivity index (χ0v) is 15.1. The van der Waals surface area contributed by atoms with Crippen LogP contribution in [0, 0.1) is 5.41 Å². The van der Waals surface area contributed by atoms with E-state index in [1.165, 1.54) is 0 Å². The third-order valence-corrected chi connectivity index (χ3v) is 8.18. The largest absolute Gasteiger partial charge is 0.457 e. The van der Waals surface area contributed by atoms with Crippen molar-refractivity contribution in [1.82, 2.24) is 4.31 Å². The fourth-order valence-corrected chi connectivity index (χ4v) is 7.19. The van der Waals surface area contributed by atoms with Crippen molar-refractivity contribution in [2.45, 2.75) is 76.2 Å². The Morgan fingerprint density at radius 1 is 1.39 bits per heavy atom. The molecule has 0 spiro atoms. The summed E-state index contributed by atoms with van der Waals surface area (Å²) in [4.78, 5) is 11.6. The van der Waals surface area contributed by atoms with E-state index in [0.717, 1.165) is 6.08 Å². The number of epoxide rings is 1. The van der Waals surface area contributed by atoms with E-state index in [0.29, 0.717) is 6.42 Å². The number of hydrogen-bond acceptors (Lipinski definition) is 5. The third-order valence-electron chi connectivity index (χ3n) is 5.52. The first-order valence-electron chi connectivity index (χ1n) is 7.99. The number of esters is 1. The summed E-state index contributed by atoms with van der Waals surface area (Å²) < 4.78 is 38.8. The van der Waals surface area contributed by atoms with Crippen LogP contribution < -0.4 is 0 Å². The Bertz CT molecular complexity index is 652. The molecule has 0 amide bonds. The zero-order chi connectivity index (χ0) is 17.4. The molecule has 1 saturated carbocycles. The molecule has 3 rings (SSSR count). The minimum atomic E-state index is -3.49. The second-order valence-electron chi connectivity index (χ2n) is 7.86. The van der Waals surface area contributed by atoms with Crippen LogP contribution >= 0.6 is 0 Å². The first-order valence-corrected chi connectivity index (χ1v) is 9.50. The van der Waals surface area contributed by atoms with Crippen molar-refractivity contribution in [2.24, 2.45) is 5.41 Å². The molecule has 130 valence electrons. The van der Waals surface area contributed by atoms with Gasteiger partial charge in [-0.05, 0) is 41.0 Å². The summed E-state index contributed by atoms with van der Waals surface area (Å²) in [7, 11) is -3.49. The Balaban J connectivity index is 2.04. The highest BCUT2D eigenvalue weighted by Crippen LogP contribution is 2.64. The number of sulfonamides is 1. The van der Waals surface area contributed by atoms with Gasteiger partial charge in [0.05, 0.1) is 23.5 Å². The Labute approximate surface area is 137 Å². The van der Waals surface area contributed by atoms with E-state index in [1.807, 2.05) is 27.7 Å². The maximum Gasteiger partial charge on any atom is 0.330 e. The van der Waals surface area contributed by atoms with Gasteiger partial charge in [-0.2, -0.15) is 4.31 Å². The van der Waals surface area contributed by atoms with E-state index >= 15 is 0 Å². The van der Waals surface area contributed by atoms with Gasteiger partial charge in [0.2, 0.25) is 10.0 Å². The molecule has 0 aromatic carbocycles. The fourth-order valence-electron chi connectivity index (χ4n) is 4.52. The fraction of sp³-hybridized carbons (Fsp3) is 0.812. The summed E-state index contributed by atoms with van der Waals surface area (Å²) in [6, 6.07) is -0.374. The molecule has 0 bridgehead atoms. The van der Waals surface area contributed by atoms with E-state index in [2.05, 4.69) is 6.58 Å². The van der Waals surface area contributed by atoms with Crippen LogP contribution in [0.1, 0.15) is 41.0 Å². The van der Waals surface area contributed by atoms with Crippen LogP contribution in [0.3, 0.4) is 0 Å². The van der Waals surface area contributed by atoms with Gasteiger partial charge in [0.1, 0.15) is 6.10 Å². The van der Waals surface area contributed by atoms with Gasteiger partial charge in [-0.1, -0.05) is 6.58 Å². The normalized spacial score (nSPS) is 45.0. The zero-order valence-electron chi connectivity index (χ0n) is 14.3. The summed E-state index contributed by atoms with van der Waals surface area (Å²) in [5.74, 6) is -0.515. The van der Waals surface area contributed by atoms with Crippen LogP contribution in [0.5, 0.6) is 0 Å². The van der Waals surface area contributed by atoms with Gasteiger partial charge in [-0.25, -0.2) is 13.2 Å². The van der Waals surface area contributed by atoms with Crippen molar-refractivity contribution >= 4 is 16.0 Å². The Hall–Kier alpha value is -0.920. The molecule has 3 fully saturated rings. The van der Waals surface area contributed by atoms with Gasteiger partial charge >= 0.3 is 5.97 Å². The van der Waals surface area contributed by atoms with Crippen LogP contribution in [-0.2, 0) is 24.3 Å². The van der Waals surface area contributed by atoms with E-state index in [9.17, 15) is 13.2 Å². The van der Waals surface area contributed by atoms with Gasteiger partial charge < -0.3 is 9.47 Å². The molecule has 23 heavy (non-hydrogen) atoms. The average molecular weight is 343 g/mol. The van der Waals surface area contributed by atoms with Crippen molar-refractivity contribution in [3.63, 3.8) is 0 Å². The lowest BCUT2D eigenvalue weighted by atomic mass is 9.57. The second kappa shape index (κ2) is 4.80. The lowest BCUT2D eigenvalue weighted by Gasteiger charge is -2.53. The molecule has 6 nitrogen and oxygen atoms in total. The summed E-state index contributed by atoms with van der Waals surface area (Å²) >= 11 is 0. The Kier molecular flexibility index (Phi) is 3.53. The molecule has 0 aromatic heterocycles. The Morgan fingerprint density at radius 3 is 2.39 bits per heavy atom. The third kappa shape index (κ3) is 2.13. The topological polar surface area (TPSA) is 76.2 Å². The number of ether oxygens (including phenoxy) is 2. The molecule has 0 radical (unpaired) electrons. The predicted molar refractivity (Wildman–Crippen MR) is 85.2 cm³/mol. The second-order valence-corrected chi connectivity index (χ2v) is 9.99. The van der Waals surface area contributed by atoms with Crippen LogP contribution in [0.15, 0.2) is 12.7 Å². The molecule has 6 atom stereocenters. The van der Waals surface area contributed by atoms with Crippen LogP contribution in [0.2, 0.25) is 0 Å². The van der Waals surface area contributed by atoms with E-state index in [-0.39, 0.29) is 18.2 Å². The van der Waals surface area contributed by atoms with Gasteiger partial charge in [0.25, 0.3) is 0 Å². The summed E-state index contributed by atoms with van der Waals surface area (Å²) in [5, 5.41) is -0.548. The van der Waals surface area contributed by atoms with Crippen LogP contribution in [0.4, 0.5) is 0 Å². The minimum Gasteiger partial charge on any atom is -0.457 e. The monoisotopic (exact) mass is 343 g/mol. The van der Waals surface area contributed by atoms with Crippen molar-refractivity contribution < 1.29 is 22.7 Å². The number of fused-ring (bicyclic) bond motifs is 1. The van der Waals surface area contributed by atoms with Crippen molar-refractivity contribution in [2.75, 3.05) is 0 Å². The minimum absolute atomic E-state index is 0.0473. The van der Waals surface area contributed by atoms with E-state index in [1.54, 1.807) is 11.2 Å². The number of carbonyl (C=O) groups is 1. The summed E-state index contributed by atoms with van der Waals surface area (Å²) in [5.41, 5.74) is -1.09. The smallest absolute Gasteiger partial charge is 0.330 e. The molecule has 7 heteroatoms. The van der Waals surface area contributed by atoms with Crippen molar-refractivity contribution in [1.29, 1.82) is 0 Å². The standard InChI is InChI=1S/C16H25NO5S/c1-7-12(18)22-11-8-16(14-9(2)21-14)10(3)23(19,20)17(13(11)16)15(4,5)6/h7,9-11,13-14H,1,8H2,2-6H3. The molecule has 6 unspecified atom stereocenters. The first-order chi connectivity index (χ1) is 10.5. The van der Waals surface area contributed by atoms with E-state index in [4.69, 9.17) is 9.47 Å². The Morgan fingerprint density at radius 2 is 1.96 bits per heavy atom. The maximum atomic E-state index is 13.1. The summed E-state index contributed by atoms with van der Waals surface area (Å²) in [6.07, 6.45) is 1.13. The van der Waals surface area contributed by atoms with Crippen LogP contribution in [-0.4, -0.2) is 53.8 Å². The maximum absolute atomic E-state index is 13.1. The number of nitrogens with zero attached hydrogens (tertiary/aromatic N) is 1. The molecule has 2 aliphatic heterocycles. The molecule has 2 heterocycles. The van der Waals surface area contributed by atoms with Gasteiger partial charge in [-0.3, -0.25) is 0 Å². The molecule has 1 aliphatic carbocycles. The molecule has 0 aromatic rings. The lowest BCUT2D eigenvalue weighted by Crippen LogP contribution is -2.67. The number of hydrogen-bond donors (Lipinski definition) is 0. The molecule has 3 aliphatic rings. The highest BCUT2D eigenvalue weighted by Gasteiger charge is 2.78. The van der Waals surface area contributed by atoms with Crippen molar-refractivity contribution in [3.8, 4) is 0 Å². The van der Waals surface area contributed by atoms with Gasteiger partial charge in [-0.15, -0.1) is 0 Å². The van der Waals surface area contributed by atoms with Crippen LogP contribution in [0.25, 0.3) is 0 Å². The van der Waals surface area contributed by atoms with E-state index < -0.39 is 38.3 Å². The molecular weight excluding hydrogens is 318 g/mol. The molecular formula is C16H25NO5S. The average Bonchev–Trinajstić information content (AvgIpc) is 3.11. The SMILES string of the molecule is C=CC(=O)OC1CC2(C3OC3C)C1N(C(C)(C)C)S(=O)(=O)C2C. The lowest BCUT2D eigenvalue weighted by molar-refractivity contribution is -0.172. The first kappa shape index (κ1) is 16.9. The van der Waals surface area contributed by atoms with Gasteiger partial charge in [0.15, 0.2) is 0 Å². The van der Waals surface area contributed by atoms with Crippen molar-refractivity contribution in [3.05, 3.63) is 12.7 Å². The predicted octanol–water partition coefficient (Wildman–Crippen LogP) is 1.46. The number of rotatable bonds is 3. The quantitative estimate of drug-likeness (QED) is 0.440.